The highest BCUT2D eigenvalue weighted by Crippen LogP contribution is 2.25. The first kappa shape index (κ1) is 23.5. The zero-order valence-corrected chi connectivity index (χ0v) is 18.2. The highest BCUT2D eigenvalue weighted by molar-refractivity contribution is 7.93. The summed E-state index contributed by atoms with van der Waals surface area (Å²) < 4.78 is 31.6. The number of benzene rings is 1. The fourth-order valence-electron chi connectivity index (χ4n) is 2.32. The van der Waals surface area contributed by atoms with Crippen LogP contribution in [0.2, 0.25) is 0 Å². The maximum atomic E-state index is 13.2. The van der Waals surface area contributed by atoms with Crippen molar-refractivity contribution in [2.75, 3.05) is 6.54 Å². The lowest BCUT2D eigenvalue weighted by molar-refractivity contribution is -0.157. The van der Waals surface area contributed by atoms with E-state index in [1.807, 2.05) is 0 Å². The van der Waals surface area contributed by atoms with Crippen LogP contribution in [0.4, 0.5) is 0 Å². The van der Waals surface area contributed by atoms with Gasteiger partial charge in [0.1, 0.15) is 10.5 Å². The van der Waals surface area contributed by atoms with Gasteiger partial charge in [0.15, 0.2) is 0 Å². The number of hydrogen-bond acceptors (Lipinski definition) is 8. The minimum atomic E-state index is -4.46. The second-order valence-corrected chi connectivity index (χ2v) is 10.7. The average Bonchev–Trinajstić information content (AvgIpc) is 3.15. The average molecular weight is 455 g/mol. The van der Waals surface area contributed by atoms with E-state index in [0.29, 0.717) is 11.3 Å². The summed E-state index contributed by atoms with van der Waals surface area (Å²) in [6, 6.07) is 9.62. The van der Waals surface area contributed by atoms with Crippen LogP contribution < -0.4 is 11.1 Å². The van der Waals surface area contributed by atoms with Gasteiger partial charge < -0.3 is 20.9 Å². The molecule has 0 radical (unpaired) electrons. The Morgan fingerprint density at radius 3 is 2.13 bits per heavy atom. The number of aromatic carboxylic acids is 1. The molecule has 4 N–H and O–H groups in total. The summed E-state index contributed by atoms with van der Waals surface area (Å²) in [5.74, 6) is -3.20. The third-order valence-electron chi connectivity index (χ3n) is 3.83. The number of amides is 1. The number of hydrogen-bond donors (Lipinski definition) is 3. The van der Waals surface area contributed by atoms with Crippen LogP contribution in [-0.4, -0.2) is 48.4 Å². The Balaban J connectivity index is 2.37. The van der Waals surface area contributed by atoms with Gasteiger partial charge in [0.2, 0.25) is 14.7 Å². The number of thiophene rings is 1. The fraction of sp³-hybridized carbons (Fsp3) is 0.316. The summed E-state index contributed by atoms with van der Waals surface area (Å²) in [7, 11) is -4.46. The van der Waals surface area contributed by atoms with Crippen LogP contribution in [0.1, 0.15) is 40.1 Å². The lowest BCUT2D eigenvalue weighted by atomic mass is 10.2. The van der Waals surface area contributed by atoms with E-state index in [4.69, 9.17) is 15.6 Å². The zero-order chi connectivity index (χ0) is 22.7. The van der Waals surface area contributed by atoms with E-state index in [-0.39, 0.29) is 14.6 Å². The number of nitrogens with one attached hydrogen (secondary N) is 1. The van der Waals surface area contributed by atoms with Crippen LogP contribution in [-0.2, 0) is 19.4 Å². The quantitative estimate of drug-likeness (QED) is 0.534. The lowest BCUT2D eigenvalue weighted by Crippen LogP contribution is -2.62. The van der Waals surface area contributed by atoms with Gasteiger partial charge in [-0.1, -0.05) is 18.2 Å². The highest BCUT2D eigenvalue weighted by Gasteiger charge is 2.51. The summed E-state index contributed by atoms with van der Waals surface area (Å²) in [4.78, 5) is 33.3. The molecule has 1 amide bonds. The van der Waals surface area contributed by atoms with E-state index in [0.717, 1.165) is 0 Å². The molecule has 1 atom stereocenters. The van der Waals surface area contributed by atoms with Crippen molar-refractivity contribution >= 4 is 39.0 Å². The molecule has 0 saturated carbocycles. The zero-order valence-electron chi connectivity index (χ0n) is 16.5. The molecule has 0 aliphatic heterocycles. The predicted molar refractivity (Wildman–Crippen MR) is 110 cm³/mol. The molecule has 2 rings (SSSR count). The van der Waals surface area contributed by atoms with E-state index in [1.165, 1.54) is 36.4 Å². The fourth-order valence-corrected chi connectivity index (χ4v) is 4.55. The summed E-state index contributed by atoms with van der Waals surface area (Å²) >= 11 is 0.704. The van der Waals surface area contributed by atoms with E-state index in [9.17, 15) is 22.8 Å². The summed E-state index contributed by atoms with van der Waals surface area (Å²) in [5.41, 5.74) is 5.04. The molecule has 0 fully saturated rings. The molecule has 0 saturated heterocycles. The molecule has 1 heterocycles. The molecule has 162 valence electrons. The van der Waals surface area contributed by atoms with E-state index in [2.05, 4.69) is 5.32 Å². The molecule has 1 aromatic heterocycles. The van der Waals surface area contributed by atoms with Crippen molar-refractivity contribution in [1.82, 2.24) is 5.32 Å². The summed E-state index contributed by atoms with van der Waals surface area (Å²) in [5, 5.41) is 11.3. The minimum absolute atomic E-state index is 0.0241. The first-order chi connectivity index (χ1) is 13.8. The molecule has 30 heavy (non-hydrogen) atoms. The maximum Gasteiger partial charge on any atom is 0.345 e. The molecule has 0 bridgehead atoms. The predicted octanol–water partition coefficient (Wildman–Crippen LogP) is 1.65. The number of carbonyl (C=O) groups excluding carboxylic acids is 2. The SMILES string of the molecule is CC(C)(C)OC(=O)C(N)(CNC(=O)c1ccc(C(=O)O)s1)S(=O)(=O)c1ccccc1. The number of carboxylic acids is 1. The number of carbonyl (C=O) groups is 3. The number of carboxylic acid groups (broad SMARTS) is 1. The Bertz CT molecular complexity index is 1060. The van der Waals surface area contributed by atoms with Gasteiger partial charge in [0, 0.05) is 0 Å². The monoisotopic (exact) mass is 454 g/mol. The number of sulfone groups is 1. The Labute approximate surface area is 177 Å². The Kier molecular flexibility index (Phi) is 6.70. The van der Waals surface area contributed by atoms with E-state index >= 15 is 0 Å². The van der Waals surface area contributed by atoms with Gasteiger partial charge >= 0.3 is 11.9 Å². The highest BCUT2D eigenvalue weighted by atomic mass is 32.2. The first-order valence-corrected chi connectivity index (χ1v) is 11.0. The normalized spacial score (nSPS) is 13.9. The van der Waals surface area contributed by atoms with Gasteiger partial charge in [-0.15, -0.1) is 11.3 Å². The van der Waals surface area contributed by atoms with Gasteiger partial charge in [0.25, 0.3) is 5.91 Å². The lowest BCUT2D eigenvalue weighted by Gasteiger charge is -2.31. The van der Waals surface area contributed by atoms with Crippen molar-refractivity contribution in [3.8, 4) is 0 Å². The smallest absolute Gasteiger partial charge is 0.345 e. The van der Waals surface area contributed by atoms with Crippen LogP contribution in [0.3, 0.4) is 0 Å². The van der Waals surface area contributed by atoms with Crippen molar-refractivity contribution < 1.29 is 32.6 Å². The third-order valence-corrected chi connectivity index (χ3v) is 7.06. The number of rotatable bonds is 7. The van der Waals surface area contributed by atoms with Crippen LogP contribution in [0.15, 0.2) is 47.4 Å². The molecular formula is C19H22N2O7S2. The molecule has 0 aliphatic rings. The van der Waals surface area contributed by atoms with Crippen molar-refractivity contribution in [1.29, 1.82) is 0 Å². The topological polar surface area (TPSA) is 153 Å². The van der Waals surface area contributed by atoms with Crippen molar-refractivity contribution in [3.63, 3.8) is 0 Å². The minimum Gasteiger partial charge on any atom is -0.477 e. The second-order valence-electron chi connectivity index (χ2n) is 7.36. The number of nitrogens with two attached hydrogens (primary N) is 1. The van der Waals surface area contributed by atoms with Crippen molar-refractivity contribution in [2.24, 2.45) is 5.73 Å². The number of esters is 1. The van der Waals surface area contributed by atoms with Crippen LogP contribution in [0.25, 0.3) is 0 Å². The molecule has 11 heteroatoms. The maximum absolute atomic E-state index is 13.2. The summed E-state index contributed by atoms with van der Waals surface area (Å²) in [6.07, 6.45) is 0. The molecule has 0 aliphatic carbocycles. The van der Waals surface area contributed by atoms with Gasteiger partial charge in [0.05, 0.1) is 16.3 Å². The standard InChI is InChI=1S/C19H22N2O7S2/c1-18(2,3)28-17(25)19(20,30(26,27)12-7-5-4-6-8-12)11-21-15(22)13-9-10-14(29-13)16(23)24/h4-10H,11,20H2,1-3H3,(H,21,22)(H,23,24). The first-order valence-electron chi connectivity index (χ1n) is 8.71. The molecular weight excluding hydrogens is 432 g/mol. The Morgan fingerprint density at radius 1 is 1.07 bits per heavy atom. The largest absolute Gasteiger partial charge is 0.477 e. The Morgan fingerprint density at radius 2 is 1.63 bits per heavy atom. The third kappa shape index (κ3) is 5.04. The van der Waals surface area contributed by atoms with Gasteiger partial charge in [-0.3, -0.25) is 4.79 Å². The van der Waals surface area contributed by atoms with Crippen LogP contribution in [0.5, 0.6) is 0 Å². The molecule has 1 aromatic carbocycles. The number of ether oxygens (including phenoxy) is 1. The van der Waals surface area contributed by atoms with Crippen molar-refractivity contribution in [3.05, 3.63) is 52.2 Å². The van der Waals surface area contributed by atoms with Gasteiger partial charge in [-0.25, -0.2) is 18.0 Å². The van der Waals surface area contributed by atoms with Gasteiger partial charge in [-0.05, 0) is 45.0 Å². The second kappa shape index (κ2) is 8.54. The van der Waals surface area contributed by atoms with Crippen molar-refractivity contribution in [2.45, 2.75) is 36.1 Å². The van der Waals surface area contributed by atoms with E-state index < -0.39 is 44.7 Å². The van der Waals surface area contributed by atoms with Gasteiger partial charge in [-0.2, -0.15) is 0 Å². The molecule has 0 spiro atoms. The Hall–Kier alpha value is -2.76. The van der Waals surface area contributed by atoms with Crippen LogP contribution >= 0.6 is 11.3 Å². The molecule has 9 nitrogen and oxygen atoms in total. The molecule has 2 aromatic rings. The summed E-state index contributed by atoms with van der Waals surface area (Å²) in [6.45, 7) is 3.88. The van der Waals surface area contributed by atoms with Crippen LogP contribution in [0, 0.1) is 0 Å². The van der Waals surface area contributed by atoms with E-state index in [1.54, 1.807) is 26.8 Å². The molecule has 1 unspecified atom stereocenters.